The Morgan fingerprint density at radius 1 is 0.905 bits per heavy atom. The van der Waals surface area contributed by atoms with Crippen LogP contribution in [0, 0.1) is 0 Å². The maximum Gasteiger partial charge on any atom is 0.416 e. The largest absolute Gasteiger partial charge is 0.464 e. The molecule has 21 heavy (non-hydrogen) atoms. The van der Waals surface area contributed by atoms with Crippen LogP contribution in [0.15, 0.2) is 59.2 Å². The van der Waals surface area contributed by atoms with E-state index in [1.165, 1.54) is 24.5 Å². The van der Waals surface area contributed by atoms with E-state index in [2.05, 4.69) is 0 Å². The molecule has 1 atom stereocenters. The predicted molar refractivity (Wildman–Crippen MR) is 71.7 cm³/mol. The Morgan fingerprint density at radius 2 is 1.57 bits per heavy atom. The Balaban J connectivity index is 2.13. The number of alkyl halides is 3. The Hall–Kier alpha value is -2.27. The molecule has 3 rings (SSSR count). The Kier molecular flexibility index (Phi) is 3.22. The van der Waals surface area contributed by atoms with Gasteiger partial charge in [0.2, 0.25) is 0 Å². The molecular weight excluding hydrogens is 281 g/mol. The van der Waals surface area contributed by atoms with Crippen LogP contribution >= 0.6 is 0 Å². The Bertz CT molecular complexity index is 774. The van der Waals surface area contributed by atoms with E-state index in [0.29, 0.717) is 16.5 Å². The summed E-state index contributed by atoms with van der Waals surface area (Å²) >= 11 is 0. The van der Waals surface area contributed by atoms with Crippen LogP contribution in [-0.2, 0) is 6.18 Å². The van der Waals surface area contributed by atoms with E-state index in [4.69, 9.17) is 4.42 Å². The predicted octanol–water partition coefficient (Wildman–Crippen LogP) is 4.53. The van der Waals surface area contributed by atoms with Crippen molar-refractivity contribution >= 4 is 11.0 Å². The SMILES string of the molecule is OC(c1ccccc1C(F)(F)F)c1coc2ccccc12. The lowest BCUT2D eigenvalue weighted by molar-refractivity contribution is -0.139. The summed E-state index contributed by atoms with van der Waals surface area (Å²) in [4.78, 5) is 0. The van der Waals surface area contributed by atoms with Crippen molar-refractivity contribution in [2.24, 2.45) is 0 Å². The summed E-state index contributed by atoms with van der Waals surface area (Å²) in [5.41, 5.74) is -0.183. The van der Waals surface area contributed by atoms with Gasteiger partial charge in [0.25, 0.3) is 0 Å². The van der Waals surface area contributed by atoms with Crippen molar-refractivity contribution in [3.8, 4) is 0 Å². The monoisotopic (exact) mass is 292 g/mol. The van der Waals surface area contributed by atoms with Crippen LogP contribution in [0.5, 0.6) is 0 Å². The van der Waals surface area contributed by atoms with Crippen LogP contribution in [0.2, 0.25) is 0 Å². The number of aliphatic hydroxyl groups excluding tert-OH is 1. The summed E-state index contributed by atoms with van der Waals surface area (Å²) in [5.74, 6) is 0. The van der Waals surface area contributed by atoms with Crippen molar-refractivity contribution in [2.45, 2.75) is 12.3 Å². The van der Waals surface area contributed by atoms with E-state index in [0.717, 1.165) is 6.07 Å². The minimum Gasteiger partial charge on any atom is -0.464 e. The Labute approximate surface area is 118 Å². The van der Waals surface area contributed by atoms with Gasteiger partial charge < -0.3 is 9.52 Å². The lowest BCUT2D eigenvalue weighted by Crippen LogP contribution is -2.12. The molecule has 0 aliphatic heterocycles. The molecule has 1 heterocycles. The molecule has 108 valence electrons. The van der Waals surface area contributed by atoms with Crippen molar-refractivity contribution in [2.75, 3.05) is 0 Å². The average molecular weight is 292 g/mol. The molecule has 0 bridgehead atoms. The topological polar surface area (TPSA) is 33.4 Å². The minimum atomic E-state index is -4.52. The fourth-order valence-corrected chi connectivity index (χ4v) is 2.37. The third-order valence-electron chi connectivity index (χ3n) is 3.37. The fourth-order valence-electron chi connectivity index (χ4n) is 2.37. The van der Waals surface area contributed by atoms with Crippen LogP contribution in [-0.4, -0.2) is 5.11 Å². The number of hydrogen-bond donors (Lipinski definition) is 1. The standard InChI is InChI=1S/C16H11F3O2/c17-16(18,19)13-7-3-1-6-11(13)15(20)12-9-21-14-8-4-2-5-10(12)14/h1-9,15,20H. The van der Waals surface area contributed by atoms with Gasteiger partial charge in [-0.2, -0.15) is 13.2 Å². The van der Waals surface area contributed by atoms with E-state index in [1.54, 1.807) is 24.3 Å². The van der Waals surface area contributed by atoms with Crippen LogP contribution in [0.1, 0.15) is 22.8 Å². The molecule has 1 aromatic heterocycles. The quantitative estimate of drug-likeness (QED) is 0.752. The molecular formula is C16H11F3O2. The lowest BCUT2D eigenvalue weighted by Gasteiger charge is -2.16. The van der Waals surface area contributed by atoms with Gasteiger partial charge in [-0.15, -0.1) is 0 Å². The highest BCUT2D eigenvalue weighted by molar-refractivity contribution is 5.81. The van der Waals surface area contributed by atoms with E-state index < -0.39 is 17.8 Å². The van der Waals surface area contributed by atoms with Crippen molar-refractivity contribution in [3.05, 3.63) is 71.5 Å². The first-order chi connectivity index (χ1) is 9.98. The molecule has 0 amide bonds. The van der Waals surface area contributed by atoms with Crippen molar-refractivity contribution in [1.29, 1.82) is 0 Å². The second-order valence-electron chi connectivity index (χ2n) is 4.67. The first-order valence-electron chi connectivity index (χ1n) is 6.29. The van der Waals surface area contributed by atoms with Crippen molar-refractivity contribution < 1.29 is 22.7 Å². The minimum absolute atomic E-state index is 0.184. The molecule has 0 aliphatic rings. The molecule has 0 fully saturated rings. The van der Waals surface area contributed by atoms with E-state index in [-0.39, 0.29) is 5.56 Å². The van der Waals surface area contributed by atoms with Gasteiger partial charge in [-0.1, -0.05) is 36.4 Å². The summed E-state index contributed by atoms with van der Waals surface area (Å²) < 4.78 is 44.4. The molecule has 0 saturated heterocycles. The second-order valence-corrected chi connectivity index (χ2v) is 4.67. The molecule has 1 N–H and O–H groups in total. The summed E-state index contributed by atoms with van der Waals surface area (Å²) in [5, 5.41) is 11.0. The van der Waals surface area contributed by atoms with Gasteiger partial charge in [-0.25, -0.2) is 0 Å². The highest BCUT2D eigenvalue weighted by Crippen LogP contribution is 2.38. The zero-order valence-electron chi connectivity index (χ0n) is 10.8. The summed E-state index contributed by atoms with van der Waals surface area (Å²) in [6.07, 6.45) is -4.62. The van der Waals surface area contributed by atoms with Crippen molar-refractivity contribution in [3.63, 3.8) is 0 Å². The van der Waals surface area contributed by atoms with Crippen LogP contribution in [0.4, 0.5) is 13.2 Å². The third kappa shape index (κ3) is 2.40. The maximum absolute atomic E-state index is 13.0. The fraction of sp³-hybridized carbons (Fsp3) is 0.125. The van der Waals surface area contributed by atoms with Gasteiger partial charge in [-0.3, -0.25) is 0 Å². The van der Waals surface area contributed by atoms with Gasteiger partial charge in [0.15, 0.2) is 0 Å². The van der Waals surface area contributed by atoms with E-state index >= 15 is 0 Å². The highest BCUT2D eigenvalue weighted by Gasteiger charge is 2.35. The van der Waals surface area contributed by atoms with Gasteiger partial charge in [0.1, 0.15) is 11.7 Å². The second kappa shape index (κ2) is 4.93. The lowest BCUT2D eigenvalue weighted by atomic mass is 9.96. The number of benzene rings is 2. The zero-order valence-corrected chi connectivity index (χ0v) is 10.8. The summed E-state index contributed by atoms with van der Waals surface area (Å²) in [7, 11) is 0. The third-order valence-corrected chi connectivity index (χ3v) is 3.37. The first kappa shape index (κ1) is 13.7. The molecule has 5 heteroatoms. The van der Waals surface area contributed by atoms with Gasteiger partial charge in [-0.05, 0) is 17.7 Å². The van der Waals surface area contributed by atoms with E-state index in [9.17, 15) is 18.3 Å². The highest BCUT2D eigenvalue weighted by atomic mass is 19.4. The number of furan rings is 1. The molecule has 0 saturated carbocycles. The average Bonchev–Trinajstić information content (AvgIpc) is 2.89. The van der Waals surface area contributed by atoms with Gasteiger partial charge in [0, 0.05) is 10.9 Å². The van der Waals surface area contributed by atoms with Gasteiger partial charge >= 0.3 is 6.18 Å². The summed E-state index contributed by atoms with van der Waals surface area (Å²) in [6.45, 7) is 0. The molecule has 2 nitrogen and oxygen atoms in total. The number of fused-ring (bicyclic) bond motifs is 1. The first-order valence-corrected chi connectivity index (χ1v) is 6.29. The number of halogens is 3. The molecule has 0 radical (unpaired) electrons. The molecule has 2 aromatic carbocycles. The molecule has 3 aromatic rings. The number of rotatable bonds is 2. The van der Waals surface area contributed by atoms with E-state index in [1.807, 2.05) is 0 Å². The van der Waals surface area contributed by atoms with Crippen LogP contribution in [0.25, 0.3) is 11.0 Å². The molecule has 0 spiro atoms. The van der Waals surface area contributed by atoms with Crippen LogP contribution < -0.4 is 0 Å². The molecule has 0 aliphatic carbocycles. The molecule has 1 unspecified atom stereocenters. The zero-order chi connectivity index (χ0) is 15.0. The summed E-state index contributed by atoms with van der Waals surface area (Å²) in [6, 6.07) is 11.9. The number of para-hydroxylation sites is 1. The Morgan fingerprint density at radius 3 is 2.33 bits per heavy atom. The number of hydrogen-bond acceptors (Lipinski definition) is 2. The maximum atomic E-state index is 13.0. The van der Waals surface area contributed by atoms with Crippen LogP contribution in [0.3, 0.4) is 0 Å². The van der Waals surface area contributed by atoms with Gasteiger partial charge in [0.05, 0.1) is 11.8 Å². The normalized spacial score (nSPS) is 13.5. The number of aliphatic hydroxyl groups is 1. The smallest absolute Gasteiger partial charge is 0.416 e. The van der Waals surface area contributed by atoms with Crippen molar-refractivity contribution in [1.82, 2.24) is 0 Å².